The van der Waals surface area contributed by atoms with Crippen LogP contribution in [0.2, 0.25) is 0 Å². The third-order valence-corrected chi connectivity index (χ3v) is 3.25. The summed E-state index contributed by atoms with van der Waals surface area (Å²) in [6.45, 7) is 5.76. The Bertz CT molecular complexity index is 341. The van der Waals surface area contributed by atoms with E-state index >= 15 is 0 Å². The molecule has 3 atom stereocenters. The molecule has 0 bridgehead atoms. The maximum absolute atomic E-state index is 9.58. The molecule has 0 aliphatic carbocycles. The number of rotatable bonds is 3. The SMILES string of the molecule is C#C.CC(C)C1CO[C@@H]2CCO[C@H]12.O=C(O)CNC(=O)O. The second-order valence-corrected chi connectivity index (χ2v) is 4.96. The van der Waals surface area contributed by atoms with Gasteiger partial charge in [0.25, 0.3) is 0 Å². The van der Waals surface area contributed by atoms with E-state index in [1.807, 2.05) is 0 Å². The van der Waals surface area contributed by atoms with Crippen molar-refractivity contribution in [1.29, 1.82) is 0 Å². The van der Waals surface area contributed by atoms with Crippen molar-refractivity contribution in [2.75, 3.05) is 19.8 Å². The molecule has 0 radical (unpaired) electrons. The maximum atomic E-state index is 9.58. The van der Waals surface area contributed by atoms with E-state index in [0.717, 1.165) is 19.6 Å². The molecule has 7 heteroatoms. The predicted molar refractivity (Wildman–Crippen MR) is 76.0 cm³/mol. The summed E-state index contributed by atoms with van der Waals surface area (Å²) in [5.74, 6) is 0.151. The van der Waals surface area contributed by atoms with Crippen molar-refractivity contribution in [1.82, 2.24) is 5.32 Å². The van der Waals surface area contributed by atoms with Gasteiger partial charge < -0.3 is 25.0 Å². The molecule has 2 heterocycles. The van der Waals surface area contributed by atoms with Gasteiger partial charge in [-0.25, -0.2) is 4.79 Å². The second-order valence-electron chi connectivity index (χ2n) is 4.96. The summed E-state index contributed by atoms with van der Waals surface area (Å²) in [6, 6.07) is 0. The molecule has 1 amide bonds. The molecule has 3 N–H and O–H groups in total. The molecule has 0 spiro atoms. The summed E-state index contributed by atoms with van der Waals surface area (Å²) < 4.78 is 11.3. The van der Waals surface area contributed by atoms with Crippen molar-refractivity contribution in [3.8, 4) is 12.8 Å². The molecular formula is C14H23NO6. The topological polar surface area (TPSA) is 105 Å². The number of amides is 1. The molecule has 0 aromatic rings. The van der Waals surface area contributed by atoms with E-state index in [9.17, 15) is 9.59 Å². The summed E-state index contributed by atoms with van der Waals surface area (Å²) in [6.07, 6.45) is 8.61. The highest BCUT2D eigenvalue weighted by atomic mass is 16.6. The van der Waals surface area contributed by atoms with Crippen molar-refractivity contribution in [2.45, 2.75) is 32.5 Å². The van der Waals surface area contributed by atoms with Crippen molar-refractivity contribution < 1.29 is 29.3 Å². The van der Waals surface area contributed by atoms with Crippen molar-refractivity contribution >= 4 is 12.1 Å². The van der Waals surface area contributed by atoms with Gasteiger partial charge in [0.15, 0.2) is 0 Å². The van der Waals surface area contributed by atoms with E-state index in [-0.39, 0.29) is 0 Å². The fourth-order valence-electron chi connectivity index (χ4n) is 2.22. The third kappa shape index (κ3) is 6.97. The Morgan fingerprint density at radius 2 is 1.90 bits per heavy atom. The molecule has 0 aromatic carbocycles. The number of nitrogens with one attached hydrogen (secondary N) is 1. The highest BCUT2D eigenvalue weighted by Gasteiger charge is 2.42. The van der Waals surface area contributed by atoms with Gasteiger partial charge in [-0.05, 0) is 12.3 Å². The van der Waals surface area contributed by atoms with Crippen LogP contribution in [-0.2, 0) is 14.3 Å². The minimum absolute atomic E-state index is 0.412. The summed E-state index contributed by atoms with van der Waals surface area (Å²) in [5.41, 5.74) is 0. The van der Waals surface area contributed by atoms with E-state index in [2.05, 4.69) is 26.7 Å². The summed E-state index contributed by atoms with van der Waals surface area (Å²) in [7, 11) is 0. The van der Waals surface area contributed by atoms with Crippen LogP contribution in [0.25, 0.3) is 0 Å². The molecule has 2 saturated heterocycles. The largest absolute Gasteiger partial charge is 0.480 e. The van der Waals surface area contributed by atoms with E-state index < -0.39 is 18.6 Å². The maximum Gasteiger partial charge on any atom is 0.405 e. The Morgan fingerprint density at radius 1 is 1.29 bits per heavy atom. The van der Waals surface area contributed by atoms with Gasteiger partial charge >= 0.3 is 12.1 Å². The van der Waals surface area contributed by atoms with E-state index in [4.69, 9.17) is 19.7 Å². The van der Waals surface area contributed by atoms with Gasteiger partial charge in [-0.15, -0.1) is 12.8 Å². The zero-order chi connectivity index (χ0) is 16.4. The predicted octanol–water partition coefficient (Wildman–Crippen LogP) is 1.03. The van der Waals surface area contributed by atoms with Crippen LogP contribution in [-0.4, -0.2) is 54.2 Å². The second kappa shape index (κ2) is 10.0. The molecule has 1 unspecified atom stereocenters. The number of carboxylic acids is 1. The lowest BCUT2D eigenvalue weighted by Gasteiger charge is -2.18. The molecule has 7 nitrogen and oxygen atoms in total. The van der Waals surface area contributed by atoms with Crippen LogP contribution in [0.15, 0.2) is 0 Å². The zero-order valence-electron chi connectivity index (χ0n) is 12.3. The van der Waals surface area contributed by atoms with Crippen molar-refractivity contribution in [2.24, 2.45) is 11.8 Å². The Kier molecular flexibility index (Phi) is 9.17. The van der Waals surface area contributed by atoms with Gasteiger partial charge in [0.1, 0.15) is 6.54 Å². The molecule has 120 valence electrons. The summed E-state index contributed by atoms with van der Waals surface area (Å²) in [4.78, 5) is 19.1. The number of hydrogen-bond donors (Lipinski definition) is 3. The van der Waals surface area contributed by atoms with Gasteiger partial charge in [-0.1, -0.05) is 13.8 Å². The standard InChI is InChI=1S/C9H16O2.C3H5NO4.C2H2/c1-6(2)7-5-11-8-3-4-10-9(7)8;5-2(6)1-4-3(7)8;1-2/h6-9H,3-5H2,1-2H3;4H,1H2,(H,5,6)(H,7,8);1-2H/t7?,8-,9-;;/m1../s1. The molecule has 2 rings (SSSR count). The molecule has 2 aliphatic heterocycles. The first-order valence-corrected chi connectivity index (χ1v) is 6.67. The van der Waals surface area contributed by atoms with Gasteiger partial charge in [0.05, 0.1) is 18.8 Å². The van der Waals surface area contributed by atoms with Gasteiger partial charge in [-0.3, -0.25) is 4.79 Å². The highest BCUT2D eigenvalue weighted by molar-refractivity contribution is 5.75. The number of terminal acetylenes is 1. The van der Waals surface area contributed by atoms with Gasteiger partial charge in [0, 0.05) is 12.5 Å². The molecule has 0 saturated carbocycles. The van der Waals surface area contributed by atoms with Crippen molar-refractivity contribution in [3.63, 3.8) is 0 Å². The summed E-state index contributed by atoms with van der Waals surface area (Å²) in [5, 5.41) is 17.3. The number of carboxylic acid groups (broad SMARTS) is 2. The Labute approximate surface area is 124 Å². The number of aliphatic carboxylic acids is 1. The Balaban J connectivity index is 0.000000358. The van der Waals surface area contributed by atoms with Crippen LogP contribution in [0.3, 0.4) is 0 Å². The lowest BCUT2D eigenvalue weighted by Crippen LogP contribution is -2.27. The van der Waals surface area contributed by atoms with Crippen LogP contribution in [0.5, 0.6) is 0 Å². The van der Waals surface area contributed by atoms with Crippen LogP contribution in [0.1, 0.15) is 20.3 Å². The number of ether oxygens (including phenoxy) is 2. The molecule has 21 heavy (non-hydrogen) atoms. The zero-order valence-corrected chi connectivity index (χ0v) is 12.3. The minimum atomic E-state index is -1.33. The van der Waals surface area contributed by atoms with E-state index in [1.54, 1.807) is 5.32 Å². The average molecular weight is 301 g/mol. The first-order valence-electron chi connectivity index (χ1n) is 6.67. The van der Waals surface area contributed by atoms with Gasteiger partial charge in [0.2, 0.25) is 0 Å². The van der Waals surface area contributed by atoms with Gasteiger partial charge in [-0.2, -0.15) is 0 Å². The quantitative estimate of drug-likeness (QED) is 0.673. The van der Waals surface area contributed by atoms with E-state index in [0.29, 0.717) is 24.0 Å². The van der Waals surface area contributed by atoms with Crippen LogP contribution >= 0.6 is 0 Å². The average Bonchev–Trinajstić information content (AvgIpc) is 3.01. The van der Waals surface area contributed by atoms with Crippen LogP contribution in [0.4, 0.5) is 4.79 Å². The first-order chi connectivity index (χ1) is 9.91. The van der Waals surface area contributed by atoms with Crippen LogP contribution in [0, 0.1) is 24.7 Å². The van der Waals surface area contributed by atoms with E-state index in [1.165, 1.54) is 0 Å². The molecule has 2 aliphatic rings. The lowest BCUT2D eigenvalue weighted by atomic mass is 9.91. The molecule has 0 aromatic heterocycles. The van der Waals surface area contributed by atoms with Crippen LogP contribution < -0.4 is 5.32 Å². The molecular weight excluding hydrogens is 278 g/mol. The number of fused-ring (bicyclic) bond motifs is 1. The highest BCUT2D eigenvalue weighted by Crippen LogP contribution is 2.34. The Hall–Kier alpha value is -1.78. The normalized spacial score (nSPS) is 25.9. The minimum Gasteiger partial charge on any atom is -0.480 e. The fraction of sp³-hybridized carbons (Fsp3) is 0.714. The lowest BCUT2D eigenvalue weighted by molar-refractivity contribution is -0.135. The third-order valence-electron chi connectivity index (χ3n) is 3.25. The fourth-order valence-corrected chi connectivity index (χ4v) is 2.22. The molecule has 2 fully saturated rings. The summed E-state index contributed by atoms with van der Waals surface area (Å²) >= 11 is 0. The monoisotopic (exact) mass is 301 g/mol. The number of hydrogen-bond acceptors (Lipinski definition) is 4. The van der Waals surface area contributed by atoms with Crippen molar-refractivity contribution in [3.05, 3.63) is 0 Å². The first kappa shape index (κ1) is 19.2. The number of carbonyl (C=O) groups is 2. The Morgan fingerprint density at radius 3 is 2.33 bits per heavy atom. The smallest absolute Gasteiger partial charge is 0.405 e.